The van der Waals surface area contributed by atoms with Gasteiger partial charge in [0.25, 0.3) is 0 Å². The summed E-state index contributed by atoms with van der Waals surface area (Å²) in [5, 5.41) is 29.6. The average Bonchev–Trinajstić information content (AvgIpc) is 2.74. The van der Waals surface area contributed by atoms with E-state index in [-0.39, 0.29) is 24.8 Å². The molecule has 1 fully saturated rings. The Morgan fingerprint density at radius 3 is 2.38 bits per heavy atom. The summed E-state index contributed by atoms with van der Waals surface area (Å²) in [6, 6.07) is 2.35. The van der Waals surface area contributed by atoms with Crippen LogP contribution >= 0.6 is 0 Å². The van der Waals surface area contributed by atoms with Crippen molar-refractivity contribution in [3.8, 4) is 0 Å². The molecule has 2 rings (SSSR count). The standard InChI is InChI=1S/C20H31BF2N4O5/c22-15-4-5-16(23)17(14-15)25-19(30)27-12-10-26(11-13-27)9-3-7-20(24,18(28)29)6-1-2-8-21(31)32/h4-5,14,31-32H,1-3,6-13,24H2,(H,25,30)(H,28,29). The molecule has 1 aromatic carbocycles. The topological polar surface area (TPSA) is 139 Å². The van der Waals surface area contributed by atoms with E-state index in [9.17, 15) is 23.5 Å². The van der Waals surface area contributed by atoms with Crippen LogP contribution < -0.4 is 11.1 Å². The Labute approximate surface area is 186 Å². The number of aliphatic carboxylic acids is 1. The predicted molar refractivity (Wildman–Crippen MR) is 116 cm³/mol. The molecule has 1 heterocycles. The van der Waals surface area contributed by atoms with Gasteiger partial charge < -0.3 is 31.1 Å². The van der Waals surface area contributed by atoms with E-state index >= 15 is 0 Å². The van der Waals surface area contributed by atoms with E-state index in [1.807, 2.05) is 0 Å². The number of urea groups is 1. The minimum absolute atomic E-state index is 0.180. The first-order chi connectivity index (χ1) is 15.1. The molecule has 32 heavy (non-hydrogen) atoms. The number of amides is 2. The molecule has 1 aliphatic rings. The molecule has 0 bridgehead atoms. The molecule has 1 aromatic rings. The Morgan fingerprint density at radius 1 is 1.09 bits per heavy atom. The molecule has 12 heteroatoms. The van der Waals surface area contributed by atoms with E-state index in [2.05, 4.69) is 10.2 Å². The third-order valence-corrected chi connectivity index (χ3v) is 5.69. The van der Waals surface area contributed by atoms with Gasteiger partial charge in [-0.3, -0.25) is 9.69 Å². The van der Waals surface area contributed by atoms with Gasteiger partial charge in [-0.15, -0.1) is 0 Å². The molecule has 9 nitrogen and oxygen atoms in total. The number of piperazine rings is 1. The van der Waals surface area contributed by atoms with Gasteiger partial charge >= 0.3 is 19.1 Å². The number of carboxylic acid groups (broad SMARTS) is 1. The van der Waals surface area contributed by atoms with Crippen LogP contribution in [-0.4, -0.2) is 82.3 Å². The summed E-state index contributed by atoms with van der Waals surface area (Å²) < 4.78 is 27.0. The summed E-state index contributed by atoms with van der Waals surface area (Å²) in [5.41, 5.74) is 4.50. The fraction of sp³-hybridized carbons (Fsp3) is 0.600. The Morgan fingerprint density at radius 2 is 1.75 bits per heavy atom. The molecule has 0 radical (unpaired) electrons. The van der Waals surface area contributed by atoms with E-state index in [1.165, 1.54) is 4.90 Å². The minimum atomic E-state index is -1.40. The average molecular weight is 456 g/mol. The number of nitrogens with zero attached hydrogens (tertiary/aromatic N) is 2. The molecule has 1 aliphatic heterocycles. The van der Waals surface area contributed by atoms with Gasteiger partial charge in [0, 0.05) is 32.2 Å². The maximum atomic E-state index is 13.7. The number of nitrogens with two attached hydrogens (primary N) is 1. The van der Waals surface area contributed by atoms with Crippen LogP contribution in [0.3, 0.4) is 0 Å². The molecule has 0 spiro atoms. The number of carboxylic acids is 1. The lowest BCUT2D eigenvalue weighted by Crippen LogP contribution is -2.51. The van der Waals surface area contributed by atoms with Gasteiger partial charge in [0.15, 0.2) is 0 Å². The third kappa shape index (κ3) is 8.01. The van der Waals surface area contributed by atoms with Gasteiger partial charge in [-0.2, -0.15) is 0 Å². The van der Waals surface area contributed by atoms with Crippen LogP contribution in [0.2, 0.25) is 6.32 Å². The molecule has 1 unspecified atom stereocenters. The van der Waals surface area contributed by atoms with Gasteiger partial charge in [0.2, 0.25) is 0 Å². The number of hydrogen-bond acceptors (Lipinski definition) is 6. The second-order valence-corrected chi connectivity index (χ2v) is 8.17. The molecule has 0 aliphatic carbocycles. The van der Waals surface area contributed by atoms with Crippen LogP contribution in [0.1, 0.15) is 32.1 Å². The summed E-state index contributed by atoms with van der Waals surface area (Å²) in [4.78, 5) is 27.5. The molecule has 2 amide bonds. The first-order valence-corrected chi connectivity index (χ1v) is 10.7. The number of benzene rings is 1. The van der Waals surface area contributed by atoms with Crippen LogP contribution in [0.25, 0.3) is 0 Å². The molecular formula is C20H31BF2N4O5. The maximum absolute atomic E-state index is 13.7. The summed E-state index contributed by atoms with van der Waals surface area (Å²) in [6.07, 6.45) is 2.24. The monoisotopic (exact) mass is 456 g/mol. The van der Waals surface area contributed by atoms with Crippen LogP contribution in [0.15, 0.2) is 18.2 Å². The fourth-order valence-electron chi connectivity index (χ4n) is 3.69. The molecular weight excluding hydrogens is 425 g/mol. The number of anilines is 1. The quantitative estimate of drug-likeness (QED) is 0.250. The number of halogens is 2. The van der Waals surface area contributed by atoms with E-state index in [0.29, 0.717) is 52.0 Å². The van der Waals surface area contributed by atoms with Crippen molar-refractivity contribution in [1.82, 2.24) is 9.80 Å². The van der Waals surface area contributed by atoms with Crippen molar-refractivity contribution in [2.75, 3.05) is 38.0 Å². The summed E-state index contributed by atoms with van der Waals surface area (Å²) in [5.74, 6) is -2.43. The molecule has 0 saturated carbocycles. The normalized spacial score (nSPS) is 16.5. The summed E-state index contributed by atoms with van der Waals surface area (Å²) in [6.45, 7) is 2.56. The summed E-state index contributed by atoms with van der Waals surface area (Å²) in [7, 11) is -1.40. The zero-order chi connectivity index (χ0) is 23.7. The van der Waals surface area contributed by atoms with Crippen molar-refractivity contribution < 1.29 is 33.5 Å². The van der Waals surface area contributed by atoms with E-state index < -0.39 is 36.3 Å². The van der Waals surface area contributed by atoms with Crippen molar-refractivity contribution in [1.29, 1.82) is 0 Å². The highest BCUT2D eigenvalue weighted by Crippen LogP contribution is 2.20. The number of carbonyl (C=O) groups excluding carboxylic acids is 1. The van der Waals surface area contributed by atoms with Gasteiger partial charge in [-0.05, 0) is 44.3 Å². The first-order valence-electron chi connectivity index (χ1n) is 10.7. The number of carbonyl (C=O) groups is 2. The Kier molecular flexibility index (Phi) is 9.82. The van der Waals surface area contributed by atoms with Crippen molar-refractivity contribution in [3.05, 3.63) is 29.8 Å². The largest absolute Gasteiger partial charge is 0.480 e. The smallest absolute Gasteiger partial charge is 0.451 e. The van der Waals surface area contributed by atoms with Crippen molar-refractivity contribution in [3.63, 3.8) is 0 Å². The van der Waals surface area contributed by atoms with Crippen molar-refractivity contribution in [2.24, 2.45) is 5.73 Å². The zero-order valence-corrected chi connectivity index (χ0v) is 18.0. The zero-order valence-electron chi connectivity index (χ0n) is 18.0. The molecule has 1 atom stereocenters. The second-order valence-electron chi connectivity index (χ2n) is 8.17. The van der Waals surface area contributed by atoms with Gasteiger partial charge in [0.05, 0.1) is 5.69 Å². The first kappa shape index (κ1) is 26.0. The third-order valence-electron chi connectivity index (χ3n) is 5.69. The number of rotatable bonds is 11. The van der Waals surface area contributed by atoms with Crippen LogP contribution in [0.5, 0.6) is 0 Å². The Balaban J connectivity index is 1.73. The lowest BCUT2D eigenvalue weighted by molar-refractivity contribution is -0.144. The summed E-state index contributed by atoms with van der Waals surface area (Å²) >= 11 is 0. The molecule has 0 aromatic heterocycles. The lowest BCUT2D eigenvalue weighted by Gasteiger charge is -2.35. The van der Waals surface area contributed by atoms with E-state index in [0.717, 1.165) is 18.2 Å². The van der Waals surface area contributed by atoms with Gasteiger partial charge in [-0.1, -0.05) is 12.8 Å². The van der Waals surface area contributed by atoms with Gasteiger partial charge in [-0.25, -0.2) is 13.6 Å². The van der Waals surface area contributed by atoms with Crippen molar-refractivity contribution >= 4 is 24.8 Å². The minimum Gasteiger partial charge on any atom is -0.480 e. The number of hydrogen-bond donors (Lipinski definition) is 5. The highest BCUT2D eigenvalue weighted by molar-refractivity contribution is 6.40. The van der Waals surface area contributed by atoms with E-state index in [1.54, 1.807) is 0 Å². The fourth-order valence-corrected chi connectivity index (χ4v) is 3.69. The maximum Gasteiger partial charge on any atom is 0.451 e. The van der Waals surface area contributed by atoms with Crippen molar-refractivity contribution in [2.45, 2.75) is 44.0 Å². The van der Waals surface area contributed by atoms with E-state index in [4.69, 9.17) is 15.8 Å². The molecule has 6 N–H and O–H groups in total. The van der Waals surface area contributed by atoms with Crippen LogP contribution in [0.4, 0.5) is 19.3 Å². The van der Waals surface area contributed by atoms with Crippen LogP contribution in [-0.2, 0) is 4.79 Å². The second kappa shape index (κ2) is 12.1. The van der Waals surface area contributed by atoms with Gasteiger partial charge in [0.1, 0.15) is 17.2 Å². The SMILES string of the molecule is NC(CCCCB(O)O)(CCCN1CCN(C(=O)Nc2cc(F)ccc2F)CC1)C(=O)O. The van der Waals surface area contributed by atoms with Crippen LogP contribution in [0, 0.1) is 11.6 Å². The Hall–Kier alpha value is -2.28. The highest BCUT2D eigenvalue weighted by atomic mass is 19.1. The Bertz CT molecular complexity index is 780. The molecule has 178 valence electrons. The lowest BCUT2D eigenvalue weighted by atomic mass is 9.81. The predicted octanol–water partition coefficient (Wildman–Crippen LogP) is 1.32. The number of unbranched alkanes of at least 4 members (excludes halogenated alkanes) is 1. The highest BCUT2D eigenvalue weighted by Gasteiger charge is 2.33. The molecule has 1 saturated heterocycles. The number of nitrogens with one attached hydrogen (secondary N) is 1.